The Morgan fingerprint density at radius 1 is 1.17 bits per heavy atom. The molecule has 0 atom stereocenters. The zero-order valence-corrected chi connectivity index (χ0v) is 18.0. The molecule has 0 aliphatic rings. The van der Waals surface area contributed by atoms with Gasteiger partial charge in [-0.2, -0.15) is 0 Å². The second-order valence-electron chi connectivity index (χ2n) is 6.45. The smallest absolute Gasteiger partial charge is 0.308 e. The predicted octanol–water partition coefficient (Wildman–Crippen LogP) is 2.98. The number of hydrogen-bond acceptors (Lipinski definition) is 7. The number of nitrogens with one attached hydrogen (secondary N) is 1. The van der Waals surface area contributed by atoms with Gasteiger partial charge in [-0.05, 0) is 36.4 Å². The van der Waals surface area contributed by atoms with Crippen molar-refractivity contribution >= 4 is 44.9 Å². The van der Waals surface area contributed by atoms with Gasteiger partial charge >= 0.3 is 4.87 Å². The third kappa shape index (κ3) is 4.24. The molecule has 1 N–H and O–H groups in total. The van der Waals surface area contributed by atoms with Crippen molar-refractivity contribution in [2.24, 2.45) is 7.05 Å². The van der Waals surface area contributed by atoms with Crippen LogP contribution in [0.15, 0.2) is 58.5 Å². The van der Waals surface area contributed by atoms with E-state index >= 15 is 0 Å². The van der Waals surface area contributed by atoms with Crippen LogP contribution < -0.4 is 14.9 Å². The van der Waals surface area contributed by atoms with E-state index < -0.39 is 0 Å². The fourth-order valence-electron chi connectivity index (χ4n) is 2.92. The van der Waals surface area contributed by atoms with Gasteiger partial charge in [-0.3, -0.25) is 14.2 Å². The molecule has 30 heavy (non-hydrogen) atoms. The number of fused-ring (bicyclic) bond motifs is 1. The third-order valence-corrected chi connectivity index (χ3v) is 6.48. The van der Waals surface area contributed by atoms with Gasteiger partial charge in [0.2, 0.25) is 5.91 Å². The highest BCUT2D eigenvalue weighted by Gasteiger charge is 2.15. The fourth-order valence-corrected chi connectivity index (χ4v) is 4.54. The van der Waals surface area contributed by atoms with Gasteiger partial charge in [-0.25, -0.2) is 0 Å². The van der Waals surface area contributed by atoms with Gasteiger partial charge in [0.15, 0.2) is 11.0 Å². The van der Waals surface area contributed by atoms with Gasteiger partial charge in [0, 0.05) is 12.7 Å². The molecule has 0 radical (unpaired) electrons. The Balaban J connectivity index is 1.41. The summed E-state index contributed by atoms with van der Waals surface area (Å²) in [5.41, 5.74) is 1.58. The number of aromatic nitrogens is 4. The maximum atomic E-state index is 12.3. The lowest BCUT2D eigenvalue weighted by Crippen LogP contribution is -2.16. The molecule has 2 heterocycles. The SMILES string of the molecule is COc1ccc(NC(=O)CSc2nnc(Cn3c(=O)sc4ccccc43)n2C)cc1. The minimum Gasteiger partial charge on any atom is -0.497 e. The zero-order chi connectivity index (χ0) is 21.1. The van der Waals surface area contributed by atoms with Crippen molar-refractivity contribution in [2.75, 3.05) is 18.2 Å². The summed E-state index contributed by atoms with van der Waals surface area (Å²) in [5.74, 6) is 1.43. The van der Waals surface area contributed by atoms with Crippen LogP contribution in [0.2, 0.25) is 0 Å². The highest BCUT2D eigenvalue weighted by atomic mass is 32.2. The molecule has 2 aromatic heterocycles. The minimum absolute atomic E-state index is 0.0349. The molecule has 4 rings (SSSR count). The van der Waals surface area contributed by atoms with Crippen molar-refractivity contribution in [3.63, 3.8) is 0 Å². The number of hydrogen-bond donors (Lipinski definition) is 1. The quantitative estimate of drug-likeness (QED) is 0.444. The number of benzene rings is 2. The molecule has 8 nitrogen and oxygen atoms in total. The summed E-state index contributed by atoms with van der Waals surface area (Å²) in [7, 11) is 3.43. The molecule has 10 heteroatoms. The number of carbonyl (C=O) groups excluding carboxylic acids is 1. The Bertz CT molecular complexity index is 1240. The molecule has 2 aromatic carbocycles. The number of amides is 1. The van der Waals surface area contributed by atoms with Crippen LogP contribution in [-0.2, 0) is 18.4 Å². The first kappa shape index (κ1) is 20.2. The van der Waals surface area contributed by atoms with E-state index in [-0.39, 0.29) is 16.5 Å². The molecule has 0 saturated heterocycles. The number of anilines is 1. The van der Waals surface area contributed by atoms with Crippen LogP contribution in [0.4, 0.5) is 5.69 Å². The normalized spacial score (nSPS) is 11.0. The molecule has 0 fully saturated rings. The topological polar surface area (TPSA) is 91.0 Å². The van der Waals surface area contributed by atoms with Crippen LogP contribution >= 0.6 is 23.1 Å². The van der Waals surface area contributed by atoms with Crippen molar-refractivity contribution in [1.29, 1.82) is 0 Å². The summed E-state index contributed by atoms with van der Waals surface area (Å²) < 4.78 is 9.55. The molecule has 0 unspecified atom stereocenters. The lowest BCUT2D eigenvalue weighted by molar-refractivity contribution is -0.113. The summed E-state index contributed by atoms with van der Waals surface area (Å²) in [4.78, 5) is 24.6. The summed E-state index contributed by atoms with van der Waals surface area (Å²) >= 11 is 2.50. The van der Waals surface area contributed by atoms with Crippen molar-refractivity contribution in [3.8, 4) is 5.75 Å². The van der Waals surface area contributed by atoms with Crippen LogP contribution in [0.5, 0.6) is 5.75 Å². The maximum Gasteiger partial charge on any atom is 0.308 e. The summed E-state index contributed by atoms with van der Waals surface area (Å²) in [6, 6.07) is 14.8. The highest BCUT2D eigenvalue weighted by molar-refractivity contribution is 7.99. The Hall–Kier alpha value is -3.11. The number of rotatable bonds is 7. The van der Waals surface area contributed by atoms with Crippen LogP contribution in [0.3, 0.4) is 0 Å². The van der Waals surface area contributed by atoms with Gasteiger partial charge in [-0.1, -0.05) is 35.2 Å². The first-order valence-corrected chi connectivity index (χ1v) is 10.9. The van der Waals surface area contributed by atoms with Crippen molar-refractivity contribution < 1.29 is 9.53 Å². The highest BCUT2D eigenvalue weighted by Crippen LogP contribution is 2.20. The molecule has 0 spiro atoms. The monoisotopic (exact) mass is 441 g/mol. The van der Waals surface area contributed by atoms with Crippen molar-refractivity contribution in [3.05, 3.63) is 64.0 Å². The number of thiazole rings is 1. The Morgan fingerprint density at radius 2 is 1.93 bits per heavy atom. The van der Waals surface area contributed by atoms with Gasteiger partial charge in [-0.15, -0.1) is 10.2 Å². The molecule has 0 aliphatic heterocycles. The maximum absolute atomic E-state index is 12.3. The molecule has 1 amide bonds. The number of methoxy groups -OCH3 is 1. The number of carbonyl (C=O) groups is 1. The molecule has 0 saturated carbocycles. The van der Waals surface area contributed by atoms with E-state index in [1.54, 1.807) is 35.9 Å². The number of nitrogens with zero attached hydrogens (tertiary/aromatic N) is 4. The van der Waals surface area contributed by atoms with Crippen molar-refractivity contribution in [2.45, 2.75) is 11.7 Å². The molecule has 0 bridgehead atoms. The molecular formula is C20H19N5O3S2. The van der Waals surface area contributed by atoms with Gasteiger partial charge < -0.3 is 14.6 Å². The fraction of sp³-hybridized carbons (Fsp3) is 0.200. The van der Waals surface area contributed by atoms with E-state index in [1.165, 1.54) is 23.1 Å². The first-order chi connectivity index (χ1) is 14.5. The molecule has 154 valence electrons. The van der Waals surface area contributed by atoms with E-state index in [1.807, 2.05) is 35.9 Å². The average Bonchev–Trinajstić information content (AvgIpc) is 3.26. The predicted molar refractivity (Wildman–Crippen MR) is 119 cm³/mol. The number of para-hydroxylation sites is 1. The Morgan fingerprint density at radius 3 is 2.70 bits per heavy atom. The third-order valence-electron chi connectivity index (χ3n) is 4.50. The van der Waals surface area contributed by atoms with Gasteiger partial charge in [0.05, 0.1) is 29.6 Å². The Kier molecular flexibility index (Phi) is 5.86. The van der Waals surface area contributed by atoms with Crippen LogP contribution in [0.25, 0.3) is 10.2 Å². The van der Waals surface area contributed by atoms with E-state index in [0.717, 1.165) is 16.0 Å². The lowest BCUT2D eigenvalue weighted by atomic mass is 10.3. The van der Waals surface area contributed by atoms with Gasteiger partial charge in [0.1, 0.15) is 5.75 Å². The summed E-state index contributed by atoms with van der Waals surface area (Å²) in [6.45, 7) is 0.324. The van der Waals surface area contributed by atoms with E-state index in [2.05, 4.69) is 15.5 Å². The second kappa shape index (κ2) is 8.72. The van der Waals surface area contributed by atoms with Crippen LogP contribution in [0, 0.1) is 0 Å². The molecule has 0 aliphatic carbocycles. The molecular weight excluding hydrogens is 422 g/mol. The second-order valence-corrected chi connectivity index (χ2v) is 8.38. The average molecular weight is 442 g/mol. The lowest BCUT2D eigenvalue weighted by Gasteiger charge is -2.07. The van der Waals surface area contributed by atoms with E-state index in [0.29, 0.717) is 23.2 Å². The summed E-state index contributed by atoms with van der Waals surface area (Å²) in [6.07, 6.45) is 0. The zero-order valence-electron chi connectivity index (χ0n) is 16.4. The number of ether oxygens (including phenoxy) is 1. The summed E-state index contributed by atoms with van der Waals surface area (Å²) in [5, 5.41) is 11.8. The van der Waals surface area contributed by atoms with E-state index in [9.17, 15) is 9.59 Å². The van der Waals surface area contributed by atoms with Gasteiger partial charge in [0.25, 0.3) is 0 Å². The standard InChI is InChI=1S/C20H19N5O3S2/c1-24-17(11-25-15-5-3-4-6-16(15)30-20(25)27)22-23-19(24)29-12-18(26)21-13-7-9-14(28-2)10-8-13/h3-10H,11-12H2,1-2H3,(H,21,26). The number of thioether (sulfide) groups is 1. The minimum atomic E-state index is -0.144. The molecule has 4 aromatic rings. The van der Waals surface area contributed by atoms with E-state index in [4.69, 9.17) is 4.74 Å². The van der Waals surface area contributed by atoms with Crippen molar-refractivity contribution in [1.82, 2.24) is 19.3 Å². The van der Waals surface area contributed by atoms with Crippen LogP contribution in [0.1, 0.15) is 5.82 Å². The Labute approximate surface area is 180 Å². The van der Waals surface area contributed by atoms with Crippen LogP contribution in [-0.4, -0.2) is 38.1 Å². The largest absolute Gasteiger partial charge is 0.497 e. The first-order valence-electron chi connectivity index (χ1n) is 9.08.